The molecule has 1 heterocycles. The van der Waals surface area contributed by atoms with Crippen LogP contribution in [0.25, 0.3) is 16.6 Å². The van der Waals surface area contributed by atoms with E-state index in [1.54, 1.807) is 25.1 Å². The molecule has 4 rings (SSSR count). The normalized spacial score (nSPS) is 12.4. The van der Waals surface area contributed by atoms with Crippen molar-refractivity contribution in [3.63, 3.8) is 0 Å². The van der Waals surface area contributed by atoms with Crippen LogP contribution in [0.5, 0.6) is 0 Å². The van der Waals surface area contributed by atoms with Gasteiger partial charge in [0.1, 0.15) is 11.6 Å². The number of rotatable bonds is 5. The van der Waals surface area contributed by atoms with Crippen LogP contribution >= 0.6 is 0 Å². The van der Waals surface area contributed by atoms with E-state index >= 15 is 0 Å². The SMILES string of the molecule is Cc1ccccc1S(=O)(=O)c1cccc2nc(C(C)NC(=O)O)n(-c3cccc(F)c3)c(=O)c12. The Kier molecular flexibility index (Phi) is 5.92. The van der Waals surface area contributed by atoms with Gasteiger partial charge in [0, 0.05) is 0 Å². The van der Waals surface area contributed by atoms with Crippen molar-refractivity contribution in [2.45, 2.75) is 29.7 Å². The number of fused-ring (bicyclic) bond motifs is 1. The van der Waals surface area contributed by atoms with Gasteiger partial charge >= 0.3 is 6.09 Å². The summed E-state index contributed by atoms with van der Waals surface area (Å²) in [7, 11) is -4.12. The smallest absolute Gasteiger partial charge is 0.405 e. The summed E-state index contributed by atoms with van der Waals surface area (Å²) >= 11 is 0. The van der Waals surface area contributed by atoms with Crippen molar-refractivity contribution in [1.82, 2.24) is 14.9 Å². The standard InChI is InChI=1S/C24H20FN3O5S/c1-14-7-3-4-11-19(14)34(32,33)20-12-6-10-18-21(20)23(29)28(17-9-5-8-16(25)13-17)22(27-18)15(2)26-24(30)31/h3-13,15,26H,1-2H3,(H,30,31). The third-order valence-corrected chi connectivity index (χ3v) is 7.31. The summed E-state index contributed by atoms with van der Waals surface area (Å²) in [6.45, 7) is 3.13. The van der Waals surface area contributed by atoms with E-state index in [4.69, 9.17) is 0 Å². The summed E-state index contributed by atoms with van der Waals surface area (Å²) in [5, 5.41) is 11.2. The second kappa shape index (κ2) is 8.71. The Hall–Kier alpha value is -4.05. The molecule has 0 radical (unpaired) electrons. The molecule has 0 saturated heterocycles. The minimum atomic E-state index is -4.12. The Morgan fingerprint density at radius 1 is 1.06 bits per heavy atom. The fourth-order valence-corrected chi connectivity index (χ4v) is 5.53. The van der Waals surface area contributed by atoms with Gasteiger partial charge in [0.05, 0.1) is 32.4 Å². The first kappa shape index (κ1) is 23.1. The number of benzene rings is 3. The van der Waals surface area contributed by atoms with E-state index in [-0.39, 0.29) is 32.2 Å². The van der Waals surface area contributed by atoms with E-state index in [0.29, 0.717) is 5.56 Å². The van der Waals surface area contributed by atoms with Crippen LogP contribution in [0, 0.1) is 12.7 Å². The maximum absolute atomic E-state index is 14.0. The van der Waals surface area contributed by atoms with E-state index in [1.165, 1.54) is 49.4 Å². The number of nitrogens with one attached hydrogen (secondary N) is 1. The van der Waals surface area contributed by atoms with Crippen LogP contribution in [-0.2, 0) is 9.84 Å². The van der Waals surface area contributed by atoms with E-state index < -0.39 is 33.3 Å². The lowest BCUT2D eigenvalue weighted by atomic mass is 10.2. The zero-order valence-electron chi connectivity index (χ0n) is 18.2. The summed E-state index contributed by atoms with van der Waals surface area (Å²) in [4.78, 5) is 29.3. The lowest BCUT2D eigenvalue weighted by molar-refractivity contribution is 0.190. The number of carboxylic acid groups (broad SMARTS) is 1. The highest BCUT2D eigenvalue weighted by Gasteiger charge is 2.27. The monoisotopic (exact) mass is 481 g/mol. The molecular formula is C24H20FN3O5S. The van der Waals surface area contributed by atoms with Crippen LogP contribution in [-0.4, -0.2) is 29.2 Å². The molecule has 1 unspecified atom stereocenters. The first-order chi connectivity index (χ1) is 16.1. The molecule has 0 saturated carbocycles. The van der Waals surface area contributed by atoms with E-state index in [0.717, 1.165) is 10.6 Å². The third-order valence-electron chi connectivity index (χ3n) is 5.35. The van der Waals surface area contributed by atoms with Gasteiger partial charge in [-0.3, -0.25) is 9.36 Å². The van der Waals surface area contributed by atoms with Gasteiger partial charge in [-0.1, -0.05) is 30.3 Å². The number of carbonyl (C=O) groups is 1. The van der Waals surface area contributed by atoms with Gasteiger partial charge in [0.2, 0.25) is 9.84 Å². The summed E-state index contributed by atoms with van der Waals surface area (Å²) < 4.78 is 42.2. The molecular weight excluding hydrogens is 461 g/mol. The highest BCUT2D eigenvalue weighted by atomic mass is 32.2. The molecule has 1 amide bonds. The van der Waals surface area contributed by atoms with E-state index in [2.05, 4.69) is 10.3 Å². The molecule has 1 aromatic heterocycles. The molecule has 0 bridgehead atoms. The lowest BCUT2D eigenvalue weighted by Gasteiger charge is -2.19. The van der Waals surface area contributed by atoms with Gasteiger partial charge in [-0.15, -0.1) is 0 Å². The first-order valence-corrected chi connectivity index (χ1v) is 11.7. The van der Waals surface area contributed by atoms with E-state index in [1.807, 2.05) is 0 Å². The Morgan fingerprint density at radius 3 is 2.41 bits per heavy atom. The summed E-state index contributed by atoms with van der Waals surface area (Å²) in [5.41, 5.74) is -0.107. The van der Waals surface area contributed by atoms with Gasteiger partial charge in [-0.05, 0) is 55.8 Å². The maximum atomic E-state index is 14.0. The number of aryl methyl sites for hydroxylation is 1. The average molecular weight is 482 g/mol. The molecule has 0 aliphatic heterocycles. The maximum Gasteiger partial charge on any atom is 0.405 e. The molecule has 0 spiro atoms. The second-order valence-corrected chi connectivity index (χ2v) is 9.57. The van der Waals surface area contributed by atoms with Crippen molar-refractivity contribution in [3.8, 4) is 5.69 Å². The molecule has 8 nitrogen and oxygen atoms in total. The minimum Gasteiger partial charge on any atom is -0.465 e. The number of aromatic nitrogens is 2. The summed E-state index contributed by atoms with van der Waals surface area (Å²) in [6, 6.07) is 14.8. The van der Waals surface area contributed by atoms with Crippen LogP contribution in [0.15, 0.2) is 81.3 Å². The van der Waals surface area contributed by atoms with Gasteiger partial charge in [-0.25, -0.2) is 22.6 Å². The van der Waals surface area contributed by atoms with Crippen molar-refractivity contribution in [2.24, 2.45) is 0 Å². The number of amides is 1. The summed E-state index contributed by atoms with van der Waals surface area (Å²) in [5.74, 6) is -0.647. The van der Waals surface area contributed by atoms with Crippen molar-refractivity contribution in [3.05, 3.63) is 94.3 Å². The molecule has 0 fully saturated rings. The lowest BCUT2D eigenvalue weighted by Crippen LogP contribution is -2.33. The summed E-state index contributed by atoms with van der Waals surface area (Å²) in [6.07, 6.45) is -1.34. The van der Waals surface area contributed by atoms with Crippen molar-refractivity contribution >= 4 is 26.8 Å². The predicted molar refractivity (Wildman–Crippen MR) is 124 cm³/mol. The number of halogens is 1. The molecule has 10 heteroatoms. The topological polar surface area (TPSA) is 118 Å². The van der Waals surface area contributed by atoms with Crippen molar-refractivity contribution in [1.29, 1.82) is 0 Å². The minimum absolute atomic E-state index is 0.0176. The number of hydrogen-bond acceptors (Lipinski definition) is 5. The second-order valence-electron chi connectivity index (χ2n) is 7.68. The number of nitrogens with zero attached hydrogens (tertiary/aromatic N) is 2. The fraction of sp³-hybridized carbons (Fsp3) is 0.125. The Bertz CT molecular complexity index is 1600. The highest BCUT2D eigenvalue weighted by Crippen LogP contribution is 2.29. The molecule has 0 aliphatic rings. The van der Waals surface area contributed by atoms with Crippen molar-refractivity contribution < 1.29 is 22.7 Å². The van der Waals surface area contributed by atoms with E-state index in [9.17, 15) is 27.5 Å². The predicted octanol–water partition coefficient (Wildman–Crippen LogP) is 3.99. The highest BCUT2D eigenvalue weighted by molar-refractivity contribution is 7.91. The first-order valence-electron chi connectivity index (χ1n) is 10.2. The van der Waals surface area contributed by atoms with Crippen LogP contribution < -0.4 is 10.9 Å². The molecule has 4 aromatic rings. The Balaban J connectivity index is 2.11. The van der Waals surface area contributed by atoms with Crippen LogP contribution in [0.4, 0.5) is 9.18 Å². The molecule has 3 aromatic carbocycles. The quantitative estimate of drug-likeness (QED) is 0.445. The molecule has 174 valence electrons. The Morgan fingerprint density at radius 2 is 1.74 bits per heavy atom. The number of sulfone groups is 1. The fourth-order valence-electron chi connectivity index (χ4n) is 3.82. The van der Waals surface area contributed by atoms with Gasteiger partial charge in [0.15, 0.2) is 0 Å². The molecule has 0 aliphatic carbocycles. The Labute approximate surface area is 194 Å². The molecule has 1 atom stereocenters. The third kappa shape index (κ3) is 4.03. The molecule has 2 N–H and O–H groups in total. The zero-order valence-corrected chi connectivity index (χ0v) is 19.0. The average Bonchev–Trinajstić information content (AvgIpc) is 2.78. The van der Waals surface area contributed by atoms with Crippen LogP contribution in [0.1, 0.15) is 24.4 Å². The van der Waals surface area contributed by atoms with Gasteiger partial charge in [-0.2, -0.15) is 0 Å². The number of hydrogen-bond donors (Lipinski definition) is 2. The largest absolute Gasteiger partial charge is 0.465 e. The van der Waals surface area contributed by atoms with Crippen molar-refractivity contribution in [2.75, 3.05) is 0 Å². The van der Waals surface area contributed by atoms with Gasteiger partial charge in [0.25, 0.3) is 5.56 Å². The van der Waals surface area contributed by atoms with Crippen LogP contribution in [0.2, 0.25) is 0 Å². The molecule has 34 heavy (non-hydrogen) atoms. The van der Waals surface area contributed by atoms with Crippen LogP contribution in [0.3, 0.4) is 0 Å². The zero-order chi connectivity index (χ0) is 24.6. The van der Waals surface area contributed by atoms with Gasteiger partial charge < -0.3 is 10.4 Å².